The molecular formula is C9H15N5NaO4P. The molecule has 1 unspecified atom stereocenters. The van der Waals surface area contributed by atoms with Crippen molar-refractivity contribution in [3.8, 4) is 0 Å². The summed E-state index contributed by atoms with van der Waals surface area (Å²) in [6.45, 7) is 2.05. The van der Waals surface area contributed by atoms with Gasteiger partial charge in [0.15, 0.2) is 11.5 Å². The van der Waals surface area contributed by atoms with Crippen molar-refractivity contribution in [2.24, 2.45) is 0 Å². The number of ether oxygens (including phenoxy) is 1. The van der Waals surface area contributed by atoms with Crippen LogP contribution in [0.5, 0.6) is 0 Å². The standard InChI is InChI=1S/C9H14N5O4P.Na.H/c1-6(18-5-19(15,16)17)2-14-4-13-7-8(10)11-3-12-9(7)14;;/h3-4,6H,2,5H2,1H3,(H2,10,11,12)(H2,15,16,17);;. The second-order valence-electron chi connectivity index (χ2n) is 4.10. The zero-order chi connectivity index (χ0) is 14.0. The summed E-state index contributed by atoms with van der Waals surface area (Å²) in [5, 5.41) is 0. The molecule has 2 heterocycles. The zero-order valence-electron chi connectivity index (χ0n) is 10.2. The van der Waals surface area contributed by atoms with Crippen LogP contribution in [0.1, 0.15) is 6.92 Å². The molecule has 2 aromatic heterocycles. The van der Waals surface area contributed by atoms with Crippen LogP contribution in [0, 0.1) is 0 Å². The van der Waals surface area contributed by atoms with Crippen molar-refractivity contribution in [2.75, 3.05) is 12.1 Å². The van der Waals surface area contributed by atoms with E-state index < -0.39 is 20.0 Å². The topological polar surface area (TPSA) is 136 Å². The Labute approximate surface area is 137 Å². The molecule has 0 amide bonds. The number of aromatic nitrogens is 4. The number of rotatable bonds is 5. The number of hydrogen-bond donors (Lipinski definition) is 3. The molecule has 0 fully saturated rings. The first kappa shape index (κ1) is 17.5. The molecule has 20 heavy (non-hydrogen) atoms. The van der Waals surface area contributed by atoms with Crippen molar-refractivity contribution < 1.29 is 19.1 Å². The van der Waals surface area contributed by atoms with Crippen LogP contribution in [-0.4, -0.2) is 71.3 Å². The molecule has 0 radical (unpaired) electrons. The van der Waals surface area contributed by atoms with Gasteiger partial charge in [0.25, 0.3) is 0 Å². The molecule has 0 saturated heterocycles. The molecule has 1 atom stereocenters. The van der Waals surface area contributed by atoms with E-state index in [1.165, 1.54) is 12.7 Å². The molecule has 4 N–H and O–H groups in total. The Bertz CT molecular complexity index is 630. The van der Waals surface area contributed by atoms with Crippen molar-refractivity contribution in [1.82, 2.24) is 19.5 Å². The minimum absolute atomic E-state index is 0. The van der Waals surface area contributed by atoms with Gasteiger partial charge in [-0.1, -0.05) is 0 Å². The van der Waals surface area contributed by atoms with Crippen LogP contribution in [0.3, 0.4) is 0 Å². The molecule has 0 spiro atoms. The number of imidazole rings is 1. The summed E-state index contributed by atoms with van der Waals surface area (Å²) in [6, 6.07) is 0. The summed E-state index contributed by atoms with van der Waals surface area (Å²) < 4.78 is 17.5. The number of anilines is 1. The van der Waals surface area contributed by atoms with E-state index in [2.05, 4.69) is 15.0 Å². The van der Waals surface area contributed by atoms with Crippen LogP contribution < -0.4 is 5.73 Å². The Morgan fingerprint density at radius 2 is 2.15 bits per heavy atom. The van der Waals surface area contributed by atoms with Crippen molar-refractivity contribution in [3.63, 3.8) is 0 Å². The van der Waals surface area contributed by atoms with Crippen LogP contribution in [0.2, 0.25) is 0 Å². The predicted octanol–water partition coefficient (Wildman–Crippen LogP) is -0.700. The second-order valence-corrected chi connectivity index (χ2v) is 5.69. The van der Waals surface area contributed by atoms with E-state index in [9.17, 15) is 4.57 Å². The fourth-order valence-electron chi connectivity index (χ4n) is 1.59. The van der Waals surface area contributed by atoms with Gasteiger partial charge in [0, 0.05) is 0 Å². The number of nitrogen functional groups attached to an aromatic ring is 1. The fourth-order valence-corrected chi connectivity index (χ4v) is 2.04. The van der Waals surface area contributed by atoms with Crippen LogP contribution in [-0.2, 0) is 15.8 Å². The zero-order valence-corrected chi connectivity index (χ0v) is 11.1. The van der Waals surface area contributed by atoms with Gasteiger partial charge in [0.1, 0.15) is 18.2 Å². The molecule has 2 rings (SSSR count). The summed E-state index contributed by atoms with van der Waals surface area (Å²) >= 11 is 0. The maximum atomic E-state index is 10.7. The summed E-state index contributed by atoms with van der Waals surface area (Å²) in [5.41, 5.74) is 6.70. The third-order valence-electron chi connectivity index (χ3n) is 2.41. The number of nitrogens with zero attached hydrogens (tertiary/aromatic N) is 4. The molecule has 2 aromatic rings. The monoisotopic (exact) mass is 311 g/mol. The Hall–Kier alpha value is -0.540. The fraction of sp³-hybridized carbons (Fsp3) is 0.444. The normalized spacial score (nSPS) is 13.2. The SMILES string of the molecule is CC(Cn1cnc2c(N)ncnc21)OCP(=O)(O)O.[NaH]. The second kappa shape index (κ2) is 6.95. The van der Waals surface area contributed by atoms with Gasteiger partial charge < -0.3 is 24.8 Å². The van der Waals surface area contributed by atoms with Crippen molar-refractivity contribution in [3.05, 3.63) is 12.7 Å². The van der Waals surface area contributed by atoms with Crippen molar-refractivity contribution in [2.45, 2.75) is 19.6 Å². The van der Waals surface area contributed by atoms with Gasteiger partial charge in [0.2, 0.25) is 0 Å². The van der Waals surface area contributed by atoms with Crippen LogP contribution in [0.25, 0.3) is 11.2 Å². The Morgan fingerprint density at radius 3 is 2.80 bits per heavy atom. The molecule has 0 aliphatic heterocycles. The average molecular weight is 311 g/mol. The average Bonchev–Trinajstić information content (AvgIpc) is 2.71. The number of fused-ring (bicyclic) bond motifs is 1. The third kappa shape index (κ3) is 4.49. The van der Waals surface area contributed by atoms with Crippen LogP contribution in [0.15, 0.2) is 12.7 Å². The van der Waals surface area contributed by atoms with Crippen LogP contribution in [0.4, 0.5) is 5.82 Å². The molecule has 9 nitrogen and oxygen atoms in total. The first-order valence-corrected chi connectivity index (χ1v) is 7.24. The van der Waals surface area contributed by atoms with E-state index >= 15 is 0 Å². The van der Waals surface area contributed by atoms with Gasteiger partial charge >= 0.3 is 37.2 Å². The van der Waals surface area contributed by atoms with Gasteiger partial charge in [-0.3, -0.25) is 4.57 Å². The first-order valence-electron chi connectivity index (χ1n) is 5.44. The predicted molar refractivity (Wildman–Crippen MR) is 74.3 cm³/mol. The Morgan fingerprint density at radius 1 is 1.45 bits per heavy atom. The quantitative estimate of drug-likeness (QED) is 0.487. The van der Waals surface area contributed by atoms with Gasteiger partial charge in [-0.2, -0.15) is 0 Å². The molecule has 0 bridgehead atoms. The maximum absolute atomic E-state index is 10.7. The molecule has 0 aliphatic carbocycles. The van der Waals surface area contributed by atoms with Gasteiger partial charge in [0.05, 0.1) is 19.0 Å². The van der Waals surface area contributed by atoms with E-state index in [1.54, 1.807) is 11.5 Å². The molecule has 0 saturated carbocycles. The summed E-state index contributed by atoms with van der Waals surface area (Å²) in [5.74, 6) is 0.285. The van der Waals surface area contributed by atoms with E-state index in [4.69, 9.17) is 20.3 Å². The molecular weight excluding hydrogens is 296 g/mol. The van der Waals surface area contributed by atoms with E-state index in [1.807, 2.05) is 0 Å². The van der Waals surface area contributed by atoms with E-state index in [0.717, 1.165) is 0 Å². The third-order valence-corrected chi connectivity index (χ3v) is 2.90. The molecule has 106 valence electrons. The molecule has 11 heteroatoms. The summed E-state index contributed by atoms with van der Waals surface area (Å²) in [6.07, 6.45) is 1.85. The first-order chi connectivity index (χ1) is 8.87. The van der Waals surface area contributed by atoms with Gasteiger partial charge in [-0.15, -0.1) is 0 Å². The summed E-state index contributed by atoms with van der Waals surface area (Å²) in [7, 11) is -4.16. The molecule has 0 aliphatic rings. The van der Waals surface area contributed by atoms with Crippen molar-refractivity contribution >= 4 is 54.1 Å². The molecule has 0 aromatic carbocycles. The number of hydrogen-bond acceptors (Lipinski definition) is 6. The van der Waals surface area contributed by atoms with E-state index in [0.29, 0.717) is 17.7 Å². The van der Waals surface area contributed by atoms with Gasteiger partial charge in [-0.25, -0.2) is 15.0 Å². The minimum atomic E-state index is -4.16. The summed E-state index contributed by atoms with van der Waals surface area (Å²) in [4.78, 5) is 29.4. The van der Waals surface area contributed by atoms with Crippen LogP contribution >= 0.6 is 7.60 Å². The van der Waals surface area contributed by atoms with Crippen molar-refractivity contribution in [1.29, 1.82) is 0 Å². The Kier molecular flexibility index (Phi) is 6.08. The number of nitrogens with two attached hydrogens (primary N) is 1. The Balaban J connectivity index is 0.00000200. The van der Waals surface area contributed by atoms with Gasteiger partial charge in [-0.05, 0) is 6.92 Å². The van der Waals surface area contributed by atoms with E-state index in [-0.39, 0.29) is 35.4 Å².